The lowest BCUT2D eigenvalue weighted by Gasteiger charge is -2.10. The van der Waals surface area contributed by atoms with Gasteiger partial charge < -0.3 is 10.1 Å². The quantitative estimate of drug-likeness (QED) is 0.680. The predicted octanol–water partition coefficient (Wildman–Crippen LogP) is 3.27. The highest BCUT2D eigenvalue weighted by Gasteiger charge is 2.14. The number of benzene rings is 1. The van der Waals surface area contributed by atoms with Crippen molar-refractivity contribution in [1.29, 1.82) is 0 Å². The Bertz CT molecular complexity index is 673. The van der Waals surface area contributed by atoms with Crippen LogP contribution in [0.5, 0.6) is 0 Å². The van der Waals surface area contributed by atoms with E-state index < -0.39 is 5.97 Å². The number of hydrogen-bond donors (Lipinski definition) is 1. The Labute approximate surface area is 130 Å². The van der Waals surface area contributed by atoms with Crippen LogP contribution >= 0.6 is 15.9 Å². The van der Waals surface area contributed by atoms with E-state index in [4.69, 9.17) is 4.74 Å². The van der Waals surface area contributed by atoms with Gasteiger partial charge in [-0.1, -0.05) is 12.1 Å². The Balaban J connectivity index is 2.23. The van der Waals surface area contributed by atoms with Gasteiger partial charge in [-0.15, -0.1) is 0 Å². The summed E-state index contributed by atoms with van der Waals surface area (Å²) in [6, 6.07) is 9.90. The summed E-state index contributed by atoms with van der Waals surface area (Å²) in [5, 5.41) is 2.70. The lowest BCUT2D eigenvalue weighted by atomic mass is 10.1. The van der Waals surface area contributed by atoms with Crippen LogP contribution in [0.15, 0.2) is 47.2 Å². The maximum atomic E-state index is 12.2. The van der Waals surface area contributed by atoms with Crippen LogP contribution in [0.2, 0.25) is 0 Å². The van der Waals surface area contributed by atoms with Crippen LogP contribution < -0.4 is 5.32 Å². The molecule has 5 nitrogen and oxygen atoms in total. The summed E-state index contributed by atoms with van der Waals surface area (Å²) in [5.41, 5.74) is 1.17. The van der Waals surface area contributed by atoms with Crippen LogP contribution in [0.25, 0.3) is 0 Å². The summed E-state index contributed by atoms with van der Waals surface area (Å²) in [5.74, 6) is -0.792. The molecule has 2 rings (SSSR count). The minimum atomic E-state index is -0.468. The first-order valence-corrected chi connectivity index (χ1v) is 7.10. The largest absolute Gasteiger partial charge is 0.462 e. The number of anilines is 1. The Morgan fingerprint density at radius 1 is 1.29 bits per heavy atom. The summed E-state index contributed by atoms with van der Waals surface area (Å²) < 4.78 is 5.53. The van der Waals surface area contributed by atoms with E-state index in [1.54, 1.807) is 43.3 Å². The third-order valence-corrected chi connectivity index (χ3v) is 3.09. The van der Waals surface area contributed by atoms with Crippen LogP contribution in [-0.4, -0.2) is 23.5 Å². The fourth-order valence-corrected chi connectivity index (χ4v) is 2.08. The molecule has 1 amide bonds. The molecule has 1 N–H and O–H groups in total. The van der Waals surface area contributed by atoms with Gasteiger partial charge in [0.1, 0.15) is 4.60 Å². The fourth-order valence-electron chi connectivity index (χ4n) is 1.72. The maximum Gasteiger partial charge on any atom is 0.340 e. The topological polar surface area (TPSA) is 68.3 Å². The van der Waals surface area contributed by atoms with E-state index in [0.717, 1.165) is 0 Å². The lowest BCUT2D eigenvalue weighted by Crippen LogP contribution is -2.16. The summed E-state index contributed by atoms with van der Waals surface area (Å²) in [4.78, 5) is 28.0. The molecule has 6 heteroatoms. The Hall–Kier alpha value is -2.21. The molecule has 0 aliphatic rings. The summed E-state index contributed by atoms with van der Waals surface area (Å²) in [7, 11) is 0. The van der Waals surface area contributed by atoms with Crippen molar-refractivity contribution in [3.63, 3.8) is 0 Å². The molecular formula is C15H13BrN2O3. The minimum Gasteiger partial charge on any atom is -0.462 e. The number of rotatable bonds is 4. The van der Waals surface area contributed by atoms with Gasteiger partial charge in [0.2, 0.25) is 0 Å². The number of carbonyl (C=O) groups is 2. The Morgan fingerprint density at radius 3 is 2.76 bits per heavy atom. The minimum absolute atomic E-state index is 0.276. The van der Waals surface area contributed by atoms with Gasteiger partial charge in [-0.05, 0) is 47.1 Å². The van der Waals surface area contributed by atoms with Gasteiger partial charge in [0.15, 0.2) is 0 Å². The molecule has 0 bridgehead atoms. The van der Waals surface area contributed by atoms with E-state index in [0.29, 0.717) is 21.4 Å². The number of aromatic nitrogens is 1. The first-order chi connectivity index (χ1) is 10.1. The second kappa shape index (κ2) is 6.99. The number of pyridine rings is 1. The van der Waals surface area contributed by atoms with E-state index in [9.17, 15) is 9.59 Å². The second-order valence-corrected chi connectivity index (χ2v) is 4.90. The van der Waals surface area contributed by atoms with Gasteiger partial charge in [0.25, 0.3) is 5.91 Å². The molecule has 2 aromatic rings. The van der Waals surface area contributed by atoms with Crippen molar-refractivity contribution in [2.75, 3.05) is 11.9 Å². The number of para-hydroxylation sites is 1. The van der Waals surface area contributed by atoms with Crippen LogP contribution in [0.1, 0.15) is 27.6 Å². The van der Waals surface area contributed by atoms with Crippen molar-refractivity contribution in [2.45, 2.75) is 6.92 Å². The van der Waals surface area contributed by atoms with E-state index >= 15 is 0 Å². The number of carbonyl (C=O) groups excluding carboxylic acids is 2. The number of halogens is 1. The van der Waals surface area contributed by atoms with E-state index in [1.165, 1.54) is 6.20 Å². The van der Waals surface area contributed by atoms with Gasteiger partial charge in [0.05, 0.1) is 17.9 Å². The predicted molar refractivity (Wildman–Crippen MR) is 82.3 cm³/mol. The number of nitrogens with zero attached hydrogens (tertiary/aromatic N) is 1. The highest BCUT2D eigenvalue weighted by Crippen LogP contribution is 2.18. The molecular weight excluding hydrogens is 336 g/mol. The van der Waals surface area contributed by atoms with Gasteiger partial charge >= 0.3 is 5.97 Å². The van der Waals surface area contributed by atoms with Crippen molar-refractivity contribution in [3.8, 4) is 0 Å². The summed E-state index contributed by atoms with van der Waals surface area (Å²) >= 11 is 3.21. The molecule has 108 valence electrons. The molecule has 0 aliphatic carbocycles. The molecule has 0 fully saturated rings. The van der Waals surface area contributed by atoms with E-state index in [-0.39, 0.29) is 12.5 Å². The molecule has 0 saturated heterocycles. The van der Waals surface area contributed by atoms with Crippen LogP contribution in [0.4, 0.5) is 5.69 Å². The smallest absolute Gasteiger partial charge is 0.340 e. The maximum absolute atomic E-state index is 12.2. The molecule has 0 spiro atoms. The Kier molecular flexibility index (Phi) is 5.05. The zero-order valence-corrected chi connectivity index (χ0v) is 12.9. The van der Waals surface area contributed by atoms with E-state index in [1.807, 2.05) is 0 Å². The lowest BCUT2D eigenvalue weighted by molar-refractivity contribution is 0.0527. The molecule has 0 atom stereocenters. The molecule has 21 heavy (non-hydrogen) atoms. The van der Waals surface area contributed by atoms with Crippen molar-refractivity contribution < 1.29 is 14.3 Å². The van der Waals surface area contributed by atoms with E-state index in [2.05, 4.69) is 26.2 Å². The number of amides is 1. The van der Waals surface area contributed by atoms with Gasteiger partial charge in [0, 0.05) is 11.8 Å². The summed E-state index contributed by atoms with van der Waals surface area (Å²) in [6.07, 6.45) is 1.52. The molecule has 1 heterocycles. The van der Waals surface area contributed by atoms with Crippen molar-refractivity contribution >= 4 is 33.5 Å². The molecule has 0 aliphatic heterocycles. The number of ether oxygens (including phenoxy) is 1. The fraction of sp³-hybridized carbons (Fsp3) is 0.133. The SMILES string of the molecule is CCOC(=O)c1ccccc1NC(=O)c1ccnc(Br)c1. The zero-order valence-electron chi connectivity index (χ0n) is 11.3. The highest BCUT2D eigenvalue weighted by molar-refractivity contribution is 9.10. The Morgan fingerprint density at radius 2 is 2.05 bits per heavy atom. The van der Waals surface area contributed by atoms with Crippen LogP contribution in [0.3, 0.4) is 0 Å². The van der Waals surface area contributed by atoms with Crippen molar-refractivity contribution in [2.24, 2.45) is 0 Å². The number of esters is 1. The average molecular weight is 349 g/mol. The standard InChI is InChI=1S/C15H13BrN2O3/c1-2-21-15(20)11-5-3-4-6-12(11)18-14(19)10-7-8-17-13(16)9-10/h3-9H,2H2,1H3,(H,18,19). The zero-order chi connectivity index (χ0) is 15.2. The van der Waals surface area contributed by atoms with Crippen molar-refractivity contribution in [3.05, 3.63) is 58.3 Å². The first-order valence-electron chi connectivity index (χ1n) is 6.31. The highest BCUT2D eigenvalue weighted by atomic mass is 79.9. The third-order valence-electron chi connectivity index (χ3n) is 2.66. The average Bonchev–Trinajstić information content (AvgIpc) is 2.48. The third kappa shape index (κ3) is 3.88. The van der Waals surface area contributed by atoms with Crippen LogP contribution in [0, 0.1) is 0 Å². The summed E-state index contributed by atoms with van der Waals surface area (Å²) in [6.45, 7) is 2.01. The molecule has 1 aromatic heterocycles. The number of nitrogens with one attached hydrogen (secondary N) is 1. The molecule has 1 aromatic carbocycles. The molecule has 0 unspecified atom stereocenters. The second-order valence-electron chi connectivity index (χ2n) is 4.09. The molecule has 0 radical (unpaired) electrons. The van der Waals surface area contributed by atoms with Gasteiger partial charge in [-0.25, -0.2) is 9.78 Å². The first kappa shape index (κ1) is 15.2. The van der Waals surface area contributed by atoms with Gasteiger partial charge in [-0.2, -0.15) is 0 Å². The number of hydrogen-bond acceptors (Lipinski definition) is 4. The normalized spacial score (nSPS) is 10.0. The van der Waals surface area contributed by atoms with Gasteiger partial charge in [-0.3, -0.25) is 4.79 Å². The van der Waals surface area contributed by atoms with Crippen molar-refractivity contribution in [1.82, 2.24) is 4.98 Å². The molecule has 0 saturated carbocycles. The van der Waals surface area contributed by atoms with Crippen LogP contribution in [-0.2, 0) is 4.74 Å². The monoisotopic (exact) mass is 348 g/mol.